The number of likely N-dealkylation sites (tertiary alicyclic amines) is 1. The third kappa shape index (κ3) is 3.96. The molecule has 1 amide bonds. The number of carbonyl (C=O) groups is 1. The van der Waals surface area contributed by atoms with Gasteiger partial charge in [0.1, 0.15) is 0 Å². The van der Waals surface area contributed by atoms with E-state index in [2.05, 4.69) is 24.4 Å². The molecule has 4 rings (SSSR count). The molecule has 6 heteroatoms. The Balaban J connectivity index is 0.00000225. The van der Waals surface area contributed by atoms with Crippen LogP contribution in [0.1, 0.15) is 53.0 Å². The number of aromatic nitrogens is 2. The number of benzene rings is 1. The summed E-state index contributed by atoms with van der Waals surface area (Å²) < 4.78 is 2.03. The van der Waals surface area contributed by atoms with Crippen LogP contribution >= 0.6 is 12.4 Å². The van der Waals surface area contributed by atoms with E-state index in [4.69, 9.17) is 5.10 Å². The number of nitrogens with one attached hydrogen (secondary N) is 1. The number of hydrogen-bond donors (Lipinski definition) is 1. The molecule has 1 fully saturated rings. The van der Waals surface area contributed by atoms with Crippen molar-refractivity contribution >= 4 is 18.3 Å². The third-order valence-electron chi connectivity index (χ3n) is 6.18. The number of rotatable bonds is 5. The van der Waals surface area contributed by atoms with Crippen LogP contribution < -0.4 is 5.32 Å². The van der Waals surface area contributed by atoms with Gasteiger partial charge in [0.25, 0.3) is 5.91 Å². The first-order valence-electron chi connectivity index (χ1n) is 10.3. The first kappa shape index (κ1) is 20.9. The zero-order valence-electron chi connectivity index (χ0n) is 16.9. The highest BCUT2D eigenvalue weighted by molar-refractivity contribution is 5.94. The van der Waals surface area contributed by atoms with Gasteiger partial charge in [-0.25, -0.2) is 4.68 Å². The Morgan fingerprint density at radius 3 is 2.68 bits per heavy atom. The van der Waals surface area contributed by atoms with Crippen molar-refractivity contribution in [3.8, 4) is 5.69 Å². The third-order valence-corrected chi connectivity index (χ3v) is 6.18. The van der Waals surface area contributed by atoms with E-state index in [1.807, 2.05) is 28.8 Å². The topological polar surface area (TPSA) is 50.2 Å². The van der Waals surface area contributed by atoms with Crippen LogP contribution in [0.15, 0.2) is 24.3 Å². The molecule has 1 aromatic carbocycles. The van der Waals surface area contributed by atoms with Crippen LogP contribution in [0.3, 0.4) is 0 Å². The lowest BCUT2D eigenvalue weighted by atomic mass is 9.93. The lowest BCUT2D eigenvalue weighted by Gasteiger charge is -2.31. The first-order chi connectivity index (χ1) is 13.2. The maximum Gasteiger partial charge on any atom is 0.274 e. The summed E-state index contributed by atoms with van der Waals surface area (Å²) in [5, 5.41) is 8.05. The summed E-state index contributed by atoms with van der Waals surface area (Å²) in [4.78, 5) is 15.3. The summed E-state index contributed by atoms with van der Waals surface area (Å²) in [6.45, 7) is 4.89. The van der Waals surface area contributed by atoms with Crippen LogP contribution in [0.25, 0.3) is 5.69 Å². The molecular weight excluding hydrogens is 372 g/mol. The second-order valence-electron chi connectivity index (χ2n) is 7.95. The second-order valence-corrected chi connectivity index (χ2v) is 7.95. The van der Waals surface area contributed by atoms with E-state index in [-0.39, 0.29) is 18.3 Å². The molecule has 1 aliphatic carbocycles. The Bertz CT molecular complexity index is 824. The number of halogens is 1. The fourth-order valence-corrected chi connectivity index (χ4v) is 4.53. The highest BCUT2D eigenvalue weighted by Gasteiger charge is 2.31. The normalized spacial score (nSPS) is 16.7. The lowest BCUT2D eigenvalue weighted by Crippen LogP contribution is -2.39. The molecule has 5 nitrogen and oxygen atoms in total. The van der Waals surface area contributed by atoms with Crippen molar-refractivity contribution in [2.45, 2.75) is 45.4 Å². The molecule has 1 N–H and O–H groups in total. The van der Waals surface area contributed by atoms with E-state index < -0.39 is 0 Å². The highest BCUT2D eigenvalue weighted by atomic mass is 35.5. The van der Waals surface area contributed by atoms with Crippen molar-refractivity contribution in [2.75, 3.05) is 26.7 Å². The first-order valence-corrected chi connectivity index (χ1v) is 10.3. The van der Waals surface area contributed by atoms with Gasteiger partial charge in [0.15, 0.2) is 5.69 Å². The molecule has 28 heavy (non-hydrogen) atoms. The molecule has 2 aliphatic rings. The summed E-state index contributed by atoms with van der Waals surface area (Å²) in [6.07, 6.45) is 6.51. The molecule has 0 saturated carbocycles. The number of aryl methyl sites for hydroxylation is 1. The SMILES string of the molecule is CNCCC1CCN(C(=O)c2nn(-c3ccccc3C)c3c2CCC3)CC1.Cl. The molecule has 0 radical (unpaired) electrons. The van der Waals surface area contributed by atoms with Crippen LogP contribution in [0.5, 0.6) is 0 Å². The minimum absolute atomic E-state index is 0. The quantitative estimate of drug-likeness (QED) is 0.831. The number of piperidine rings is 1. The van der Waals surface area contributed by atoms with E-state index in [9.17, 15) is 4.79 Å². The predicted octanol–water partition coefficient (Wildman–Crippen LogP) is 3.55. The fourth-order valence-electron chi connectivity index (χ4n) is 4.53. The smallest absolute Gasteiger partial charge is 0.274 e. The van der Waals surface area contributed by atoms with Gasteiger partial charge in [-0.05, 0) is 76.6 Å². The summed E-state index contributed by atoms with van der Waals surface area (Å²) in [7, 11) is 2.00. The van der Waals surface area contributed by atoms with E-state index in [1.165, 1.54) is 23.2 Å². The molecular formula is C22H31ClN4O. The minimum atomic E-state index is 0. The van der Waals surface area contributed by atoms with Gasteiger partial charge in [-0.1, -0.05) is 18.2 Å². The average molecular weight is 403 g/mol. The molecule has 1 aliphatic heterocycles. The highest BCUT2D eigenvalue weighted by Crippen LogP contribution is 2.30. The Hall–Kier alpha value is -1.85. The molecule has 152 valence electrons. The van der Waals surface area contributed by atoms with E-state index >= 15 is 0 Å². The maximum atomic E-state index is 13.2. The van der Waals surface area contributed by atoms with Gasteiger partial charge >= 0.3 is 0 Å². The van der Waals surface area contributed by atoms with Gasteiger partial charge in [-0.2, -0.15) is 5.10 Å². The van der Waals surface area contributed by atoms with Crippen LogP contribution in [0.4, 0.5) is 0 Å². The summed E-state index contributed by atoms with van der Waals surface area (Å²) in [6, 6.07) is 8.30. The second kappa shape index (κ2) is 9.10. The van der Waals surface area contributed by atoms with Gasteiger partial charge in [0.2, 0.25) is 0 Å². The summed E-state index contributed by atoms with van der Waals surface area (Å²) >= 11 is 0. The van der Waals surface area contributed by atoms with Gasteiger partial charge in [0.05, 0.1) is 5.69 Å². The van der Waals surface area contributed by atoms with Crippen molar-refractivity contribution < 1.29 is 4.79 Å². The fraction of sp³-hybridized carbons (Fsp3) is 0.545. The minimum Gasteiger partial charge on any atom is -0.337 e. The van der Waals surface area contributed by atoms with E-state index in [0.29, 0.717) is 5.69 Å². The zero-order valence-corrected chi connectivity index (χ0v) is 17.7. The van der Waals surface area contributed by atoms with Crippen LogP contribution in [-0.4, -0.2) is 47.3 Å². The zero-order chi connectivity index (χ0) is 18.8. The summed E-state index contributed by atoms with van der Waals surface area (Å²) in [5.41, 5.74) is 5.40. The number of nitrogens with zero attached hydrogens (tertiary/aromatic N) is 3. The number of fused-ring (bicyclic) bond motifs is 1. The number of hydrogen-bond acceptors (Lipinski definition) is 3. The lowest BCUT2D eigenvalue weighted by molar-refractivity contribution is 0.0679. The molecule has 2 heterocycles. The number of carbonyl (C=O) groups excluding carboxylic acids is 1. The number of amides is 1. The Kier molecular flexibility index (Phi) is 6.78. The standard InChI is InChI=1S/C22H30N4O.ClH/c1-16-6-3-4-8-19(16)26-20-9-5-7-18(20)21(24-26)22(27)25-14-11-17(12-15-25)10-13-23-2;/h3-4,6,8,17,23H,5,7,9-15H2,1-2H3;1H. The largest absolute Gasteiger partial charge is 0.337 e. The van der Waals surface area contributed by atoms with Crippen molar-refractivity contribution in [1.29, 1.82) is 0 Å². The predicted molar refractivity (Wildman–Crippen MR) is 115 cm³/mol. The van der Waals surface area contributed by atoms with Gasteiger partial charge in [-0.15, -0.1) is 12.4 Å². The molecule has 1 aromatic heterocycles. The van der Waals surface area contributed by atoms with Crippen molar-refractivity contribution in [1.82, 2.24) is 20.0 Å². The van der Waals surface area contributed by atoms with Crippen LogP contribution in [-0.2, 0) is 12.8 Å². The molecule has 2 aromatic rings. The Morgan fingerprint density at radius 2 is 1.96 bits per heavy atom. The van der Waals surface area contributed by atoms with E-state index in [1.54, 1.807) is 0 Å². The van der Waals surface area contributed by atoms with E-state index in [0.717, 1.165) is 63.3 Å². The van der Waals surface area contributed by atoms with Gasteiger partial charge < -0.3 is 10.2 Å². The molecule has 0 unspecified atom stereocenters. The summed E-state index contributed by atoms with van der Waals surface area (Å²) in [5.74, 6) is 0.865. The van der Waals surface area contributed by atoms with Crippen molar-refractivity contribution in [2.24, 2.45) is 5.92 Å². The van der Waals surface area contributed by atoms with Crippen LogP contribution in [0, 0.1) is 12.8 Å². The van der Waals surface area contributed by atoms with Gasteiger partial charge in [-0.3, -0.25) is 4.79 Å². The average Bonchev–Trinajstić information content (AvgIpc) is 3.30. The number of para-hydroxylation sites is 1. The Morgan fingerprint density at radius 1 is 1.21 bits per heavy atom. The van der Waals surface area contributed by atoms with Gasteiger partial charge in [0, 0.05) is 24.3 Å². The van der Waals surface area contributed by atoms with Crippen molar-refractivity contribution in [3.05, 3.63) is 46.8 Å². The van der Waals surface area contributed by atoms with Crippen molar-refractivity contribution in [3.63, 3.8) is 0 Å². The monoisotopic (exact) mass is 402 g/mol. The molecule has 1 saturated heterocycles. The molecule has 0 spiro atoms. The maximum absolute atomic E-state index is 13.2. The molecule has 0 atom stereocenters. The van der Waals surface area contributed by atoms with Crippen LogP contribution in [0.2, 0.25) is 0 Å². The Labute approximate surface area is 173 Å². The molecule has 0 bridgehead atoms.